The molecule has 0 radical (unpaired) electrons. The number of benzene rings is 1. The molecular formula is C15H18N2. The maximum atomic E-state index is 4.15. The molecule has 2 nitrogen and oxygen atoms in total. The van der Waals surface area contributed by atoms with Crippen LogP contribution in [0.3, 0.4) is 0 Å². The Morgan fingerprint density at radius 2 is 1.88 bits per heavy atom. The van der Waals surface area contributed by atoms with Crippen LogP contribution in [0.2, 0.25) is 0 Å². The predicted molar refractivity (Wildman–Crippen MR) is 74.9 cm³/mol. The SMILES string of the molecule is C=C/C(C)=C\C=C(/C)N/N=C/c1ccccc1. The molecular weight excluding hydrogens is 208 g/mol. The molecule has 0 fully saturated rings. The van der Waals surface area contributed by atoms with Gasteiger partial charge in [0.1, 0.15) is 0 Å². The van der Waals surface area contributed by atoms with E-state index < -0.39 is 0 Å². The molecule has 0 aliphatic carbocycles. The van der Waals surface area contributed by atoms with Crippen LogP contribution in [0.1, 0.15) is 19.4 Å². The van der Waals surface area contributed by atoms with Crippen LogP contribution < -0.4 is 5.43 Å². The van der Waals surface area contributed by atoms with Gasteiger partial charge in [-0.3, -0.25) is 5.43 Å². The minimum atomic E-state index is 0.985. The van der Waals surface area contributed by atoms with Gasteiger partial charge in [0.25, 0.3) is 0 Å². The van der Waals surface area contributed by atoms with Crippen molar-refractivity contribution in [3.05, 3.63) is 72.0 Å². The lowest BCUT2D eigenvalue weighted by Gasteiger charge is -1.98. The molecule has 0 spiro atoms. The zero-order valence-corrected chi connectivity index (χ0v) is 10.4. The molecule has 1 aromatic rings. The van der Waals surface area contributed by atoms with Crippen molar-refractivity contribution in [2.24, 2.45) is 5.10 Å². The molecule has 1 aromatic carbocycles. The van der Waals surface area contributed by atoms with E-state index >= 15 is 0 Å². The first-order valence-corrected chi connectivity index (χ1v) is 5.54. The van der Waals surface area contributed by atoms with E-state index in [1.807, 2.05) is 62.4 Å². The van der Waals surface area contributed by atoms with Gasteiger partial charge in [0, 0.05) is 5.70 Å². The van der Waals surface area contributed by atoms with Gasteiger partial charge in [0.15, 0.2) is 0 Å². The van der Waals surface area contributed by atoms with Crippen LogP contribution in [-0.4, -0.2) is 6.21 Å². The van der Waals surface area contributed by atoms with Crippen LogP contribution in [0.15, 0.2) is 71.5 Å². The molecule has 1 N–H and O–H groups in total. The zero-order valence-electron chi connectivity index (χ0n) is 10.4. The van der Waals surface area contributed by atoms with E-state index in [0.717, 1.165) is 16.8 Å². The lowest BCUT2D eigenvalue weighted by molar-refractivity contribution is 0.893. The van der Waals surface area contributed by atoms with Crippen molar-refractivity contribution in [3.8, 4) is 0 Å². The number of nitrogens with zero attached hydrogens (tertiary/aromatic N) is 1. The Morgan fingerprint density at radius 3 is 2.53 bits per heavy atom. The van der Waals surface area contributed by atoms with Gasteiger partial charge in [-0.15, -0.1) is 0 Å². The Balaban J connectivity index is 2.51. The molecule has 0 saturated heterocycles. The molecule has 0 atom stereocenters. The summed E-state index contributed by atoms with van der Waals surface area (Å²) in [6, 6.07) is 9.97. The molecule has 0 bridgehead atoms. The highest BCUT2D eigenvalue weighted by molar-refractivity contribution is 5.79. The van der Waals surface area contributed by atoms with Crippen molar-refractivity contribution in [1.29, 1.82) is 0 Å². The first kappa shape index (κ1) is 13.0. The van der Waals surface area contributed by atoms with E-state index in [1.165, 1.54) is 0 Å². The van der Waals surface area contributed by atoms with Crippen molar-refractivity contribution in [2.45, 2.75) is 13.8 Å². The fourth-order valence-electron chi connectivity index (χ4n) is 1.11. The Kier molecular flexibility index (Phi) is 5.52. The van der Waals surface area contributed by atoms with Crippen LogP contribution in [0.5, 0.6) is 0 Å². The maximum absolute atomic E-state index is 4.15. The highest BCUT2D eigenvalue weighted by atomic mass is 15.3. The molecule has 0 aromatic heterocycles. The van der Waals surface area contributed by atoms with Crippen LogP contribution >= 0.6 is 0 Å². The van der Waals surface area contributed by atoms with Gasteiger partial charge in [-0.2, -0.15) is 5.10 Å². The fourth-order valence-corrected chi connectivity index (χ4v) is 1.11. The van der Waals surface area contributed by atoms with Crippen molar-refractivity contribution >= 4 is 6.21 Å². The minimum absolute atomic E-state index is 0.985. The van der Waals surface area contributed by atoms with Crippen LogP contribution in [0.4, 0.5) is 0 Å². The standard InChI is InChI=1S/C15H18N2/c1-4-13(2)10-11-14(3)17-16-12-15-8-6-5-7-9-15/h4-12,17H,1H2,2-3H3/b13-10-,14-11+,16-12+. The van der Waals surface area contributed by atoms with Crippen LogP contribution in [0, 0.1) is 0 Å². The average Bonchev–Trinajstić information content (AvgIpc) is 2.37. The van der Waals surface area contributed by atoms with E-state index in [1.54, 1.807) is 6.21 Å². The Hall–Kier alpha value is -2.09. The van der Waals surface area contributed by atoms with Crippen LogP contribution in [0.25, 0.3) is 0 Å². The normalized spacial score (nSPS) is 12.8. The van der Waals surface area contributed by atoms with E-state index in [2.05, 4.69) is 17.1 Å². The molecule has 17 heavy (non-hydrogen) atoms. The molecule has 2 heteroatoms. The first-order chi connectivity index (χ1) is 8.22. The Labute approximate surface area is 103 Å². The van der Waals surface area contributed by atoms with Gasteiger partial charge in [-0.25, -0.2) is 0 Å². The summed E-state index contributed by atoms with van der Waals surface area (Å²) in [7, 11) is 0. The summed E-state index contributed by atoms with van der Waals surface area (Å²) in [4.78, 5) is 0. The molecule has 1 rings (SSSR count). The topological polar surface area (TPSA) is 24.4 Å². The van der Waals surface area contributed by atoms with Crippen molar-refractivity contribution < 1.29 is 0 Å². The number of hydrogen-bond acceptors (Lipinski definition) is 2. The largest absolute Gasteiger partial charge is 0.283 e. The van der Waals surface area contributed by atoms with Gasteiger partial charge in [0.05, 0.1) is 6.21 Å². The van der Waals surface area contributed by atoms with E-state index in [9.17, 15) is 0 Å². The summed E-state index contributed by atoms with van der Waals surface area (Å²) < 4.78 is 0. The maximum Gasteiger partial charge on any atom is 0.0544 e. The number of hydrazone groups is 1. The van der Waals surface area contributed by atoms with Crippen molar-refractivity contribution in [1.82, 2.24) is 5.43 Å². The summed E-state index contributed by atoms with van der Waals surface area (Å²) in [6.07, 6.45) is 7.57. The highest BCUT2D eigenvalue weighted by Crippen LogP contribution is 1.97. The molecule has 0 aliphatic rings. The third kappa shape index (κ3) is 5.52. The first-order valence-electron chi connectivity index (χ1n) is 5.54. The highest BCUT2D eigenvalue weighted by Gasteiger charge is 1.85. The molecule has 88 valence electrons. The number of nitrogens with one attached hydrogen (secondary N) is 1. The third-order valence-corrected chi connectivity index (χ3v) is 2.17. The molecule has 0 heterocycles. The van der Waals surface area contributed by atoms with Crippen molar-refractivity contribution in [3.63, 3.8) is 0 Å². The summed E-state index contributed by atoms with van der Waals surface area (Å²) in [5.41, 5.74) is 6.14. The number of allylic oxidation sites excluding steroid dienone is 5. The number of rotatable bonds is 5. The summed E-state index contributed by atoms with van der Waals surface area (Å²) in [5, 5.41) is 4.15. The Bertz CT molecular complexity index is 439. The molecule has 0 aliphatic heterocycles. The monoisotopic (exact) mass is 226 g/mol. The van der Waals surface area contributed by atoms with Crippen LogP contribution in [-0.2, 0) is 0 Å². The lowest BCUT2D eigenvalue weighted by Crippen LogP contribution is -2.01. The quantitative estimate of drug-likeness (QED) is 0.462. The summed E-state index contributed by atoms with van der Waals surface area (Å²) in [6.45, 7) is 7.66. The molecule has 0 unspecified atom stereocenters. The summed E-state index contributed by atoms with van der Waals surface area (Å²) >= 11 is 0. The van der Waals surface area contributed by atoms with Gasteiger partial charge in [-0.05, 0) is 25.5 Å². The average molecular weight is 226 g/mol. The molecule has 0 saturated carbocycles. The smallest absolute Gasteiger partial charge is 0.0544 e. The third-order valence-electron chi connectivity index (χ3n) is 2.17. The molecule has 0 amide bonds. The lowest BCUT2D eigenvalue weighted by atomic mass is 10.2. The zero-order chi connectivity index (χ0) is 12.5. The van der Waals surface area contributed by atoms with Gasteiger partial charge < -0.3 is 0 Å². The van der Waals surface area contributed by atoms with Gasteiger partial charge >= 0.3 is 0 Å². The fraction of sp³-hybridized carbons (Fsp3) is 0.133. The second-order valence-corrected chi connectivity index (χ2v) is 3.75. The second-order valence-electron chi connectivity index (χ2n) is 3.75. The van der Waals surface area contributed by atoms with Crippen molar-refractivity contribution in [2.75, 3.05) is 0 Å². The second kappa shape index (κ2) is 7.23. The minimum Gasteiger partial charge on any atom is -0.283 e. The number of hydrogen-bond donors (Lipinski definition) is 1. The van der Waals surface area contributed by atoms with E-state index in [-0.39, 0.29) is 0 Å². The Morgan fingerprint density at radius 1 is 1.18 bits per heavy atom. The van der Waals surface area contributed by atoms with E-state index in [4.69, 9.17) is 0 Å². The van der Waals surface area contributed by atoms with Gasteiger partial charge in [-0.1, -0.05) is 54.6 Å². The predicted octanol–water partition coefficient (Wildman–Crippen LogP) is 3.65. The van der Waals surface area contributed by atoms with Gasteiger partial charge in [0.2, 0.25) is 0 Å². The summed E-state index contributed by atoms with van der Waals surface area (Å²) in [5.74, 6) is 0. The van der Waals surface area contributed by atoms with E-state index in [0.29, 0.717) is 0 Å².